The second-order valence-corrected chi connectivity index (χ2v) is 7.24. The zero-order valence-corrected chi connectivity index (χ0v) is 18.6. The van der Waals surface area contributed by atoms with Gasteiger partial charge in [-0.25, -0.2) is 0 Å². The summed E-state index contributed by atoms with van der Waals surface area (Å²) in [5.74, 6) is -4.54. The number of ketones is 1. The minimum atomic E-state index is -1.51. The lowest BCUT2D eigenvalue weighted by Crippen LogP contribution is -2.39. The van der Waals surface area contributed by atoms with Gasteiger partial charge in [0.05, 0.1) is 0 Å². The average molecular weight is 472 g/mol. The Hall–Kier alpha value is -4.41. The van der Waals surface area contributed by atoms with Gasteiger partial charge in [0, 0.05) is 45.4 Å². The first-order valence-corrected chi connectivity index (χ1v) is 9.90. The van der Waals surface area contributed by atoms with E-state index in [0.29, 0.717) is 0 Å². The van der Waals surface area contributed by atoms with E-state index < -0.39 is 47.6 Å². The Morgan fingerprint density at radius 3 is 2.03 bits per heavy atom. The van der Waals surface area contributed by atoms with Crippen LogP contribution in [0.5, 0.6) is 28.7 Å². The van der Waals surface area contributed by atoms with Crippen molar-refractivity contribution in [3.05, 3.63) is 41.5 Å². The molecule has 178 valence electrons. The summed E-state index contributed by atoms with van der Waals surface area (Å²) in [6.45, 7) is 4.55. The molecule has 1 heterocycles. The predicted octanol–water partition coefficient (Wildman–Crippen LogP) is 2.42. The molecule has 0 aromatic heterocycles. The zero-order valence-electron chi connectivity index (χ0n) is 18.6. The zero-order chi connectivity index (χ0) is 25.2. The fraction of sp³-hybridized carbons (Fsp3) is 0.261. The second-order valence-electron chi connectivity index (χ2n) is 7.24. The first-order chi connectivity index (χ1) is 16.0. The van der Waals surface area contributed by atoms with E-state index in [1.165, 1.54) is 24.3 Å². The normalized spacial score (nSPS) is 16.5. The van der Waals surface area contributed by atoms with Crippen LogP contribution in [0.4, 0.5) is 0 Å². The van der Waals surface area contributed by atoms with Crippen molar-refractivity contribution in [2.24, 2.45) is 0 Å². The maximum Gasteiger partial charge on any atom is 0.308 e. The van der Waals surface area contributed by atoms with Gasteiger partial charge in [0.1, 0.15) is 22.8 Å². The molecule has 0 bridgehead atoms. The molecular formula is C23H20O11. The van der Waals surface area contributed by atoms with Gasteiger partial charge in [-0.2, -0.15) is 0 Å². The molecule has 3 rings (SSSR count). The van der Waals surface area contributed by atoms with Crippen LogP contribution in [0.1, 0.15) is 49.7 Å². The molecule has 11 nitrogen and oxygen atoms in total. The highest BCUT2D eigenvalue weighted by Crippen LogP contribution is 2.44. The van der Waals surface area contributed by atoms with Gasteiger partial charge >= 0.3 is 23.9 Å². The van der Waals surface area contributed by atoms with Crippen molar-refractivity contribution in [2.75, 3.05) is 0 Å². The van der Waals surface area contributed by atoms with E-state index >= 15 is 0 Å². The Bertz CT molecular complexity index is 1200. The van der Waals surface area contributed by atoms with Crippen LogP contribution in [-0.4, -0.2) is 40.9 Å². The summed E-state index contributed by atoms with van der Waals surface area (Å²) in [6.07, 6.45) is -2.77. The van der Waals surface area contributed by atoms with Crippen molar-refractivity contribution in [2.45, 2.75) is 39.9 Å². The van der Waals surface area contributed by atoms with Crippen molar-refractivity contribution in [3.8, 4) is 28.7 Å². The number of phenols is 1. The van der Waals surface area contributed by atoms with Gasteiger partial charge in [-0.15, -0.1) is 0 Å². The van der Waals surface area contributed by atoms with E-state index in [1.54, 1.807) is 0 Å². The second kappa shape index (κ2) is 9.61. The molecule has 0 unspecified atom stereocenters. The third-order valence-corrected chi connectivity index (χ3v) is 4.45. The van der Waals surface area contributed by atoms with Gasteiger partial charge < -0.3 is 28.8 Å². The van der Waals surface area contributed by atoms with Gasteiger partial charge in [0.15, 0.2) is 17.6 Å². The van der Waals surface area contributed by atoms with Gasteiger partial charge in [-0.05, 0) is 12.1 Å². The lowest BCUT2D eigenvalue weighted by molar-refractivity contribution is -0.149. The highest BCUT2D eigenvalue weighted by Gasteiger charge is 2.43. The van der Waals surface area contributed by atoms with E-state index in [4.69, 9.17) is 23.7 Å². The number of ether oxygens (including phenoxy) is 5. The molecule has 0 saturated carbocycles. The lowest BCUT2D eigenvalue weighted by Gasteiger charge is -2.32. The van der Waals surface area contributed by atoms with Gasteiger partial charge in [-0.3, -0.25) is 24.0 Å². The minimum Gasteiger partial charge on any atom is -0.507 e. The molecule has 0 saturated heterocycles. The number of fused-ring (bicyclic) bond motifs is 1. The maximum absolute atomic E-state index is 13.2. The van der Waals surface area contributed by atoms with Crippen LogP contribution in [-0.2, 0) is 23.9 Å². The van der Waals surface area contributed by atoms with E-state index in [2.05, 4.69) is 0 Å². The SMILES string of the molecule is CC(=O)Oc1cc(O)c2c(c1)O[C@@H](c1ccc(OC(C)=O)c(OC(C)=O)c1)[C@H](OC(C)=O)C2=O. The van der Waals surface area contributed by atoms with Crippen LogP contribution >= 0.6 is 0 Å². The molecule has 0 amide bonds. The molecule has 34 heavy (non-hydrogen) atoms. The molecule has 0 radical (unpaired) electrons. The van der Waals surface area contributed by atoms with Crippen LogP contribution in [0.25, 0.3) is 0 Å². The molecule has 2 atom stereocenters. The molecule has 11 heteroatoms. The molecular weight excluding hydrogens is 452 g/mol. The molecule has 0 fully saturated rings. The van der Waals surface area contributed by atoms with Crippen molar-refractivity contribution in [1.29, 1.82) is 0 Å². The summed E-state index contributed by atoms with van der Waals surface area (Å²) in [4.78, 5) is 59.1. The number of hydrogen-bond donors (Lipinski definition) is 1. The van der Waals surface area contributed by atoms with E-state index in [9.17, 15) is 29.1 Å². The van der Waals surface area contributed by atoms with Crippen molar-refractivity contribution in [3.63, 3.8) is 0 Å². The molecule has 0 spiro atoms. The number of Topliss-reactive ketones (excluding diaryl/α,β-unsaturated/α-hetero) is 1. The Balaban J connectivity index is 2.12. The fourth-order valence-corrected chi connectivity index (χ4v) is 3.33. The lowest BCUT2D eigenvalue weighted by atomic mass is 9.92. The Morgan fingerprint density at radius 1 is 0.824 bits per heavy atom. The fourth-order valence-electron chi connectivity index (χ4n) is 3.33. The molecule has 1 N–H and O–H groups in total. The summed E-state index contributed by atoms with van der Waals surface area (Å²) in [5, 5.41) is 10.4. The molecule has 2 aromatic rings. The van der Waals surface area contributed by atoms with Crippen molar-refractivity contribution in [1.82, 2.24) is 0 Å². The number of rotatable bonds is 5. The Kier molecular flexibility index (Phi) is 6.85. The standard InChI is InChI=1S/C23H20O11/c1-10(24)30-15-8-16(28)20-19(9-15)34-22(23(21(20)29)33-13(4)27)14-5-6-17(31-11(2)25)18(7-14)32-12(3)26/h5-9,22-23,28H,1-4H3/t22-,23+/m0/s1. The van der Waals surface area contributed by atoms with E-state index in [1.807, 2.05) is 0 Å². The van der Waals surface area contributed by atoms with Crippen LogP contribution in [0.15, 0.2) is 30.3 Å². The summed E-state index contributed by atoms with van der Waals surface area (Å²) < 4.78 is 26.2. The summed E-state index contributed by atoms with van der Waals surface area (Å²) >= 11 is 0. The molecule has 1 aliphatic heterocycles. The highest BCUT2D eigenvalue weighted by molar-refractivity contribution is 6.06. The first-order valence-electron chi connectivity index (χ1n) is 9.90. The third-order valence-electron chi connectivity index (χ3n) is 4.45. The number of hydrogen-bond acceptors (Lipinski definition) is 11. The maximum atomic E-state index is 13.2. The van der Waals surface area contributed by atoms with Crippen molar-refractivity contribution >= 4 is 29.7 Å². The number of phenolic OH excluding ortho intramolecular Hbond substituents is 1. The average Bonchev–Trinajstić information content (AvgIpc) is 2.69. The van der Waals surface area contributed by atoms with Crippen LogP contribution in [0.3, 0.4) is 0 Å². The van der Waals surface area contributed by atoms with Gasteiger partial charge in [-0.1, -0.05) is 6.07 Å². The van der Waals surface area contributed by atoms with E-state index in [-0.39, 0.29) is 34.1 Å². The monoisotopic (exact) mass is 472 g/mol. The smallest absolute Gasteiger partial charge is 0.308 e. The van der Waals surface area contributed by atoms with Crippen LogP contribution in [0.2, 0.25) is 0 Å². The number of benzene rings is 2. The minimum absolute atomic E-state index is 0.0622. The number of carbonyl (C=O) groups excluding carboxylic acids is 5. The topological polar surface area (TPSA) is 152 Å². The highest BCUT2D eigenvalue weighted by atomic mass is 16.6. The van der Waals surface area contributed by atoms with Crippen LogP contribution < -0.4 is 18.9 Å². The number of esters is 4. The molecule has 2 aromatic carbocycles. The number of aromatic hydroxyl groups is 1. The third kappa shape index (κ3) is 5.31. The Labute approximate surface area is 193 Å². The quantitative estimate of drug-likeness (QED) is 0.504. The van der Waals surface area contributed by atoms with Gasteiger partial charge in [0.2, 0.25) is 11.9 Å². The molecule has 1 aliphatic rings. The first kappa shape index (κ1) is 24.2. The predicted molar refractivity (Wildman–Crippen MR) is 112 cm³/mol. The molecule has 0 aliphatic carbocycles. The van der Waals surface area contributed by atoms with Gasteiger partial charge in [0.25, 0.3) is 0 Å². The Morgan fingerprint density at radius 2 is 1.44 bits per heavy atom. The number of carbonyl (C=O) groups is 5. The largest absolute Gasteiger partial charge is 0.507 e. The summed E-state index contributed by atoms with van der Waals surface area (Å²) in [5.41, 5.74) is -0.0510. The van der Waals surface area contributed by atoms with Crippen molar-refractivity contribution < 1.29 is 52.8 Å². The van der Waals surface area contributed by atoms with E-state index in [0.717, 1.165) is 33.8 Å². The summed E-state index contributed by atoms with van der Waals surface area (Å²) in [6, 6.07) is 6.30. The summed E-state index contributed by atoms with van der Waals surface area (Å²) in [7, 11) is 0. The van der Waals surface area contributed by atoms with Crippen LogP contribution in [0, 0.1) is 0 Å².